The van der Waals surface area contributed by atoms with Gasteiger partial charge in [0.25, 0.3) is 0 Å². The number of benzene rings is 2. The molecule has 5 nitrogen and oxygen atoms in total. The number of hydrogen-bond donors (Lipinski definition) is 1. The normalized spacial score (nSPS) is 12.5. The smallest absolute Gasteiger partial charge is 0.241 e. The van der Waals surface area contributed by atoms with Crippen LogP contribution in [0.5, 0.6) is 0 Å². The number of aryl methyl sites for hydroxylation is 2. The van der Waals surface area contributed by atoms with Crippen LogP contribution in [0.3, 0.4) is 0 Å². The molecule has 1 atom stereocenters. The maximum atomic E-state index is 12.5. The number of rotatable bonds is 6. The fourth-order valence-corrected chi connectivity index (χ4v) is 3.95. The van der Waals surface area contributed by atoms with Crippen molar-refractivity contribution in [1.82, 2.24) is 5.32 Å². The van der Waals surface area contributed by atoms with Crippen LogP contribution in [0.2, 0.25) is 0 Å². The summed E-state index contributed by atoms with van der Waals surface area (Å²) < 4.78 is 26.4. The van der Waals surface area contributed by atoms with E-state index in [0.717, 1.165) is 30.8 Å². The number of hydrogen-bond acceptors (Lipinski definition) is 3. The monoisotopic (exact) mass is 486 g/mol. The van der Waals surface area contributed by atoms with Crippen LogP contribution in [-0.4, -0.2) is 27.1 Å². The van der Waals surface area contributed by atoms with Crippen LogP contribution in [0.15, 0.2) is 42.5 Å². The van der Waals surface area contributed by atoms with Crippen LogP contribution in [0.25, 0.3) is 0 Å². The fourth-order valence-electron chi connectivity index (χ4n) is 2.73. The minimum atomic E-state index is -3.57. The zero-order chi connectivity index (χ0) is 19.5. The molecule has 0 aliphatic carbocycles. The Morgan fingerprint density at radius 1 is 1.15 bits per heavy atom. The fraction of sp³-hybridized carbons (Fsp3) is 0.316. The third-order valence-electron chi connectivity index (χ3n) is 4.08. The van der Waals surface area contributed by atoms with E-state index in [1.807, 2.05) is 51.1 Å². The summed E-state index contributed by atoms with van der Waals surface area (Å²) in [6, 6.07) is 12.9. The second-order valence-electron chi connectivity index (χ2n) is 6.40. The highest BCUT2D eigenvalue weighted by Gasteiger charge is 2.22. The number of amides is 1. The first kappa shape index (κ1) is 20.7. The maximum absolute atomic E-state index is 12.5. The minimum absolute atomic E-state index is 0.208. The van der Waals surface area contributed by atoms with Crippen molar-refractivity contribution in [1.29, 1.82) is 0 Å². The number of nitrogens with one attached hydrogen (secondary N) is 1. The first-order valence-corrected chi connectivity index (χ1v) is 11.1. The van der Waals surface area contributed by atoms with Gasteiger partial charge in [-0.25, -0.2) is 8.42 Å². The van der Waals surface area contributed by atoms with Crippen LogP contribution in [0, 0.1) is 17.4 Å². The number of halogens is 1. The highest BCUT2D eigenvalue weighted by Crippen LogP contribution is 2.21. The van der Waals surface area contributed by atoms with E-state index in [0.29, 0.717) is 5.69 Å². The Kier molecular flexibility index (Phi) is 6.68. The Hall–Kier alpha value is -1.61. The third-order valence-corrected chi connectivity index (χ3v) is 5.94. The first-order valence-electron chi connectivity index (χ1n) is 8.17. The lowest BCUT2D eigenvalue weighted by Gasteiger charge is -2.24. The van der Waals surface area contributed by atoms with Gasteiger partial charge in [0.2, 0.25) is 15.9 Å². The summed E-state index contributed by atoms with van der Waals surface area (Å²) in [5, 5.41) is 2.90. The van der Waals surface area contributed by atoms with Gasteiger partial charge < -0.3 is 5.32 Å². The Bertz CT molecular complexity index is 896. The van der Waals surface area contributed by atoms with E-state index < -0.39 is 10.0 Å². The molecule has 1 amide bonds. The minimum Gasteiger partial charge on any atom is -0.348 e. The van der Waals surface area contributed by atoms with Gasteiger partial charge in [0.1, 0.15) is 6.54 Å². The lowest BCUT2D eigenvalue weighted by molar-refractivity contribution is -0.120. The van der Waals surface area contributed by atoms with E-state index in [1.54, 1.807) is 12.1 Å². The van der Waals surface area contributed by atoms with Gasteiger partial charge in [-0.15, -0.1) is 0 Å². The SMILES string of the molecule is Cc1ccc(C)c(C(C)NC(=O)CN(c2ccc(I)cc2)S(C)(=O)=O)c1. The quantitative estimate of drug-likeness (QED) is 0.636. The van der Waals surface area contributed by atoms with Gasteiger partial charge >= 0.3 is 0 Å². The van der Waals surface area contributed by atoms with E-state index in [1.165, 1.54) is 0 Å². The molecule has 2 aromatic carbocycles. The number of nitrogens with zero attached hydrogens (tertiary/aromatic N) is 1. The van der Waals surface area contributed by atoms with Crippen molar-refractivity contribution in [3.8, 4) is 0 Å². The highest BCUT2D eigenvalue weighted by atomic mass is 127. The van der Waals surface area contributed by atoms with Gasteiger partial charge in [-0.2, -0.15) is 0 Å². The molecular weight excluding hydrogens is 463 g/mol. The highest BCUT2D eigenvalue weighted by molar-refractivity contribution is 14.1. The first-order chi connectivity index (χ1) is 12.1. The average Bonchev–Trinajstić information content (AvgIpc) is 2.55. The largest absolute Gasteiger partial charge is 0.348 e. The molecule has 0 spiro atoms. The molecule has 26 heavy (non-hydrogen) atoms. The van der Waals surface area contributed by atoms with Crippen LogP contribution < -0.4 is 9.62 Å². The van der Waals surface area contributed by atoms with E-state index in [2.05, 4.69) is 27.9 Å². The Labute approximate surface area is 169 Å². The number of carbonyl (C=O) groups excluding carboxylic acids is 1. The molecule has 0 aliphatic rings. The molecule has 0 aromatic heterocycles. The van der Waals surface area contributed by atoms with Crippen LogP contribution in [0.1, 0.15) is 29.7 Å². The van der Waals surface area contributed by atoms with Crippen molar-refractivity contribution in [2.75, 3.05) is 17.1 Å². The van der Waals surface area contributed by atoms with E-state index >= 15 is 0 Å². The lowest BCUT2D eigenvalue weighted by Crippen LogP contribution is -2.41. The summed E-state index contributed by atoms with van der Waals surface area (Å²) in [7, 11) is -3.57. The van der Waals surface area contributed by atoms with Gasteiger partial charge in [0.15, 0.2) is 0 Å². The summed E-state index contributed by atoms with van der Waals surface area (Å²) in [6.07, 6.45) is 1.10. The van der Waals surface area contributed by atoms with E-state index in [4.69, 9.17) is 0 Å². The van der Waals surface area contributed by atoms with Crippen molar-refractivity contribution < 1.29 is 13.2 Å². The van der Waals surface area contributed by atoms with Gasteiger partial charge in [0, 0.05) is 3.57 Å². The van der Waals surface area contributed by atoms with E-state index in [-0.39, 0.29) is 18.5 Å². The average molecular weight is 486 g/mol. The maximum Gasteiger partial charge on any atom is 0.241 e. The van der Waals surface area contributed by atoms with Crippen molar-refractivity contribution in [2.45, 2.75) is 26.8 Å². The van der Waals surface area contributed by atoms with Gasteiger partial charge in [-0.1, -0.05) is 23.8 Å². The van der Waals surface area contributed by atoms with E-state index in [9.17, 15) is 13.2 Å². The third kappa shape index (κ3) is 5.44. The molecule has 1 unspecified atom stereocenters. The molecule has 1 N–H and O–H groups in total. The molecule has 0 heterocycles. The molecule has 0 bridgehead atoms. The van der Waals surface area contributed by atoms with Crippen molar-refractivity contribution >= 4 is 44.2 Å². The zero-order valence-corrected chi connectivity index (χ0v) is 18.3. The summed E-state index contributed by atoms with van der Waals surface area (Å²) in [5.41, 5.74) is 3.70. The Balaban J connectivity index is 2.17. The molecule has 2 aromatic rings. The second-order valence-corrected chi connectivity index (χ2v) is 9.55. The van der Waals surface area contributed by atoms with Crippen molar-refractivity contribution in [3.63, 3.8) is 0 Å². The predicted octanol–water partition coefficient (Wildman–Crippen LogP) is 3.55. The number of sulfonamides is 1. The predicted molar refractivity (Wildman–Crippen MR) is 114 cm³/mol. The Morgan fingerprint density at radius 2 is 1.77 bits per heavy atom. The van der Waals surface area contributed by atoms with Crippen molar-refractivity contribution in [2.24, 2.45) is 0 Å². The van der Waals surface area contributed by atoms with Crippen LogP contribution >= 0.6 is 22.6 Å². The Morgan fingerprint density at radius 3 is 2.35 bits per heavy atom. The molecule has 140 valence electrons. The van der Waals surface area contributed by atoms with Crippen LogP contribution in [0.4, 0.5) is 5.69 Å². The molecule has 0 radical (unpaired) electrons. The van der Waals surface area contributed by atoms with Crippen LogP contribution in [-0.2, 0) is 14.8 Å². The molecule has 0 aliphatic heterocycles. The molecule has 0 saturated heterocycles. The summed E-state index contributed by atoms with van der Waals surface area (Å²) in [5.74, 6) is -0.345. The lowest BCUT2D eigenvalue weighted by atomic mass is 10.00. The summed E-state index contributed by atoms with van der Waals surface area (Å²) >= 11 is 2.15. The van der Waals surface area contributed by atoms with Crippen molar-refractivity contribution in [3.05, 3.63) is 62.7 Å². The molecule has 2 rings (SSSR count). The molecular formula is C19H23IN2O3S. The zero-order valence-electron chi connectivity index (χ0n) is 15.3. The standard InChI is InChI=1S/C19H23IN2O3S/c1-13-5-6-14(2)18(11-13)15(3)21-19(23)12-22(26(4,24)25)17-9-7-16(20)8-10-17/h5-11,15H,12H2,1-4H3,(H,21,23). The number of carbonyl (C=O) groups is 1. The van der Waals surface area contributed by atoms with Gasteiger partial charge in [-0.3, -0.25) is 9.10 Å². The molecule has 7 heteroatoms. The molecule has 0 saturated carbocycles. The topological polar surface area (TPSA) is 66.5 Å². The second kappa shape index (κ2) is 8.39. The number of anilines is 1. The van der Waals surface area contributed by atoms with Gasteiger partial charge in [-0.05, 0) is 78.8 Å². The summed E-state index contributed by atoms with van der Waals surface area (Å²) in [4.78, 5) is 12.5. The molecule has 0 fully saturated rings. The summed E-state index contributed by atoms with van der Waals surface area (Å²) in [6.45, 7) is 5.63. The van der Waals surface area contributed by atoms with Gasteiger partial charge in [0.05, 0.1) is 18.0 Å².